The molecule has 0 aliphatic carbocycles. The molecule has 3 rings (SSSR count). The molecule has 136 valence electrons. The zero-order chi connectivity index (χ0) is 18.9. The van der Waals surface area contributed by atoms with Gasteiger partial charge in [0.15, 0.2) is 0 Å². The minimum atomic E-state index is -0.0924. The van der Waals surface area contributed by atoms with Crippen LogP contribution < -0.4 is 5.73 Å². The first-order valence-corrected chi connectivity index (χ1v) is 9.14. The predicted molar refractivity (Wildman–Crippen MR) is 108 cm³/mol. The number of benzene rings is 1. The molecule has 0 aliphatic heterocycles. The summed E-state index contributed by atoms with van der Waals surface area (Å²) >= 11 is 0. The Morgan fingerprint density at radius 3 is 2.38 bits per heavy atom. The fraction of sp³-hybridized carbons (Fsp3) is 0.409. The van der Waals surface area contributed by atoms with Gasteiger partial charge in [0.1, 0.15) is 5.82 Å². The lowest BCUT2D eigenvalue weighted by Gasteiger charge is -2.27. The number of nitrogens with two attached hydrogens (primary N) is 1. The van der Waals surface area contributed by atoms with E-state index in [1.807, 2.05) is 18.5 Å². The summed E-state index contributed by atoms with van der Waals surface area (Å²) < 4.78 is 0. The highest BCUT2D eigenvalue weighted by atomic mass is 14.9. The van der Waals surface area contributed by atoms with Crippen molar-refractivity contribution in [2.45, 2.75) is 58.3 Å². The number of aromatic nitrogens is 3. The number of hydrogen-bond acceptors (Lipinski definition) is 4. The molecule has 2 heterocycles. The molecule has 2 N–H and O–H groups in total. The van der Waals surface area contributed by atoms with Gasteiger partial charge in [0.2, 0.25) is 0 Å². The average Bonchev–Trinajstić information content (AvgIpc) is 2.58. The van der Waals surface area contributed by atoms with Crippen molar-refractivity contribution in [2.75, 3.05) is 5.73 Å². The summed E-state index contributed by atoms with van der Waals surface area (Å²) in [6.45, 7) is 10.9. The van der Waals surface area contributed by atoms with E-state index in [4.69, 9.17) is 5.73 Å². The van der Waals surface area contributed by atoms with Gasteiger partial charge in [0.05, 0.1) is 16.9 Å². The molecule has 0 saturated heterocycles. The van der Waals surface area contributed by atoms with Gasteiger partial charge >= 0.3 is 0 Å². The molecule has 0 radical (unpaired) electrons. The molecular weight excluding hydrogens is 320 g/mol. The maximum atomic E-state index is 6.15. The van der Waals surface area contributed by atoms with Crippen molar-refractivity contribution in [1.29, 1.82) is 0 Å². The third-order valence-electron chi connectivity index (χ3n) is 4.94. The Hall–Kier alpha value is -2.49. The van der Waals surface area contributed by atoms with Crippen LogP contribution in [0, 0.1) is 0 Å². The second-order valence-corrected chi connectivity index (χ2v) is 8.60. The smallest absolute Gasteiger partial charge is 0.146 e. The van der Waals surface area contributed by atoms with E-state index in [0.717, 1.165) is 29.7 Å². The predicted octanol–water partition coefficient (Wildman–Crippen LogP) is 4.81. The Balaban J connectivity index is 1.83. The molecule has 4 heteroatoms. The number of anilines is 1. The van der Waals surface area contributed by atoms with Crippen LogP contribution in [0.5, 0.6) is 0 Å². The number of rotatable bonds is 4. The summed E-state index contributed by atoms with van der Waals surface area (Å²) in [5, 5.41) is 1.22. The van der Waals surface area contributed by atoms with Crippen LogP contribution >= 0.6 is 0 Å². The van der Waals surface area contributed by atoms with Crippen LogP contribution in [0.4, 0.5) is 5.82 Å². The third-order valence-corrected chi connectivity index (χ3v) is 4.94. The molecule has 0 aliphatic rings. The van der Waals surface area contributed by atoms with Gasteiger partial charge in [0.25, 0.3) is 0 Å². The average molecular weight is 348 g/mol. The minimum Gasteiger partial charge on any atom is -0.382 e. The number of nitrogens with zero attached hydrogens (tertiary/aromatic N) is 3. The standard InChI is InChI=1S/C22H28N4/c1-21(2,3)19-20(23)26-15(14-25-19)10-12-22(4,5)17-11-13-24-18-9-7-6-8-16(17)18/h6-9,11,13-14H,10,12H2,1-5H3,(H2,23,26). The van der Waals surface area contributed by atoms with Crippen LogP contribution in [-0.2, 0) is 17.3 Å². The fourth-order valence-electron chi connectivity index (χ4n) is 3.40. The van der Waals surface area contributed by atoms with Gasteiger partial charge in [-0.25, -0.2) is 4.98 Å². The largest absolute Gasteiger partial charge is 0.382 e. The van der Waals surface area contributed by atoms with Crippen molar-refractivity contribution >= 4 is 16.7 Å². The molecular formula is C22H28N4. The zero-order valence-corrected chi connectivity index (χ0v) is 16.4. The Morgan fingerprint density at radius 2 is 1.69 bits per heavy atom. The van der Waals surface area contributed by atoms with Gasteiger partial charge in [-0.05, 0) is 36.0 Å². The Kier molecular flexibility index (Phi) is 4.70. The Morgan fingerprint density at radius 1 is 0.962 bits per heavy atom. The van der Waals surface area contributed by atoms with E-state index >= 15 is 0 Å². The molecule has 0 amide bonds. The summed E-state index contributed by atoms with van der Waals surface area (Å²) in [6.07, 6.45) is 5.57. The number of aryl methyl sites for hydroxylation is 1. The van der Waals surface area contributed by atoms with Crippen molar-refractivity contribution in [1.82, 2.24) is 15.0 Å². The summed E-state index contributed by atoms with van der Waals surface area (Å²) in [6, 6.07) is 10.4. The maximum absolute atomic E-state index is 6.15. The summed E-state index contributed by atoms with van der Waals surface area (Å²) in [7, 11) is 0. The molecule has 0 atom stereocenters. The number of pyridine rings is 1. The molecule has 4 nitrogen and oxygen atoms in total. The van der Waals surface area contributed by atoms with Gasteiger partial charge < -0.3 is 5.73 Å². The first kappa shape index (κ1) is 18.3. The molecule has 0 unspecified atom stereocenters. The Bertz CT molecular complexity index is 918. The highest BCUT2D eigenvalue weighted by molar-refractivity contribution is 5.82. The van der Waals surface area contributed by atoms with Crippen molar-refractivity contribution in [3.05, 3.63) is 59.7 Å². The van der Waals surface area contributed by atoms with Crippen LogP contribution in [0.15, 0.2) is 42.7 Å². The molecule has 0 saturated carbocycles. The van der Waals surface area contributed by atoms with Crippen molar-refractivity contribution in [3.63, 3.8) is 0 Å². The molecule has 0 fully saturated rings. The lowest BCUT2D eigenvalue weighted by molar-refractivity contribution is 0.479. The van der Waals surface area contributed by atoms with Crippen LogP contribution in [-0.4, -0.2) is 15.0 Å². The SMILES string of the molecule is CC(C)(C)c1ncc(CCC(C)(C)c2ccnc3ccccc23)nc1N. The van der Waals surface area contributed by atoms with Crippen LogP contribution in [0.3, 0.4) is 0 Å². The maximum Gasteiger partial charge on any atom is 0.146 e. The molecule has 26 heavy (non-hydrogen) atoms. The first-order valence-electron chi connectivity index (χ1n) is 9.14. The van der Waals surface area contributed by atoms with Gasteiger partial charge in [-0.1, -0.05) is 52.8 Å². The van der Waals surface area contributed by atoms with E-state index < -0.39 is 0 Å². The third kappa shape index (κ3) is 3.69. The van der Waals surface area contributed by atoms with Crippen LogP contribution in [0.2, 0.25) is 0 Å². The summed E-state index contributed by atoms with van der Waals surface area (Å²) in [5.74, 6) is 0.544. The number of hydrogen-bond donors (Lipinski definition) is 1. The second kappa shape index (κ2) is 6.67. The van der Waals surface area contributed by atoms with Crippen LogP contribution in [0.25, 0.3) is 10.9 Å². The second-order valence-electron chi connectivity index (χ2n) is 8.60. The quantitative estimate of drug-likeness (QED) is 0.734. The molecule has 0 spiro atoms. The number of para-hydroxylation sites is 1. The van der Waals surface area contributed by atoms with Crippen molar-refractivity contribution in [2.24, 2.45) is 0 Å². The highest BCUT2D eigenvalue weighted by Gasteiger charge is 2.24. The lowest BCUT2D eigenvalue weighted by Crippen LogP contribution is -2.20. The van der Waals surface area contributed by atoms with E-state index in [0.29, 0.717) is 5.82 Å². The van der Waals surface area contributed by atoms with E-state index in [1.54, 1.807) is 0 Å². The minimum absolute atomic E-state index is 0.00167. The zero-order valence-electron chi connectivity index (χ0n) is 16.4. The Labute approximate surface area is 155 Å². The van der Waals surface area contributed by atoms with Crippen molar-refractivity contribution in [3.8, 4) is 0 Å². The molecule has 3 aromatic rings. The molecule has 2 aromatic heterocycles. The van der Waals surface area contributed by atoms with E-state index in [2.05, 4.69) is 73.8 Å². The normalized spacial score (nSPS) is 12.5. The summed E-state index contributed by atoms with van der Waals surface area (Å²) in [4.78, 5) is 13.7. The van der Waals surface area contributed by atoms with Crippen LogP contribution in [0.1, 0.15) is 58.0 Å². The van der Waals surface area contributed by atoms with Gasteiger partial charge in [-0.15, -0.1) is 0 Å². The van der Waals surface area contributed by atoms with E-state index in [1.165, 1.54) is 10.9 Å². The van der Waals surface area contributed by atoms with Gasteiger partial charge in [0, 0.05) is 23.2 Å². The monoisotopic (exact) mass is 348 g/mol. The summed E-state index contributed by atoms with van der Waals surface area (Å²) in [5.41, 5.74) is 10.2. The van der Waals surface area contributed by atoms with Gasteiger partial charge in [-0.2, -0.15) is 0 Å². The topological polar surface area (TPSA) is 64.7 Å². The fourth-order valence-corrected chi connectivity index (χ4v) is 3.40. The first-order chi connectivity index (χ1) is 12.2. The van der Waals surface area contributed by atoms with Crippen molar-refractivity contribution < 1.29 is 0 Å². The van der Waals surface area contributed by atoms with Gasteiger partial charge in [-0.3, -0.25) is 9.97 Å². The number of fused-ring (bicyclic) bond motifs is 1. The van der Waals surface area contributed by atoms with E-state index in [9.17, 15) is 0 Å². The number of nitrogen functional groups attached to an aromatic ring is 1. The molecule has 1 aromatic carbocycles. The lowest BCUT2D eigenvalue weighted by atomic mass is 9.78. The highest BCUT2D eigenvalue weighted by Crippen LogP contribution is 2.33. The van der Waals surface area contributed by atoms with E-state index in [-0.39, 0.29) is 10.8 Å². The molecule has 0 bridgehead atoms.